The Morgan fingerprint density at radius 3 is 2.19 bits per heavy atom. The molecule has 16 heavy (non-hydrogen) atoms. The largest absolute Gasteiger partial charge is 0.352 e. The van der Waals surface area contributed by atoms with Gasteiger partial charge in [-0.05, 0) is 18.9 Å². The van der Waals surface area contributed by atoms with Crippen LogP contribution in [0, 0.1) is 0 Å². The van der Waals surface area contributed by atoms with Crippen LogP contribution < -0.4 is 5.73 Å². The third kappa shape index (κ3) is 3.04. The van der Waals surface area contributed by atoms with Gasteiger partial charge in [0.05, 0.1) is 6.04 Å². The zero-order chi connectivity index (χ0) is 12.0. The Morgan fingerprint density at radius 2 is 1.75 bits per heavy atom. The zero-order valence-corrected chi connectivity index (χ0v) is 10.3. The van der Waals surface area contributed by atoms with Crippen molar-refractivity contribution < 1.29 is 9.47 Å². The van der Waals surface area contributed by atoms with Gasteiger partial charge in [-0.1, -0.05) is 30.3 Å². The number of hydrogen-bond acceptors (Lipinski definition) is 3. The van der Waals surface area contributed by atoms with Gasteiger partial charge in [-0.15, -0.1) is 0 Å². The Hall–Kier alpha value is -0.900. The molecule has 2 N–H and O–H groups in total. The maximum atomic E-state index is 5.91. The van der Waals surface area contributed by atoms with Crippen molar-refractivity contribution in [1.82, 2.24) is 0 Å². The highest BCUT2D eigenvalue weighted by molar-refractivity contribution is 5.15. The summed E-state index contributed by atoms with van der Waals surface area (Å²) in [5, 5.41) is 0. The van der Waals surface area contributed by atoms with Crippen molar-refractivity contribution in [2.45, 2.75) is 31.6 Å². The summed E-state index contributed by atoms with van der Waals surface area (Å²) >= 11 is 0. The second-order valence-electron chi connectivity index (χ2n) is 3.99. The van der Waals surface area contributed by atoms with Gasteiger partial charge >= 0.3 is 0 Å². The summed E-state index contributed by atoms with van der Waals surface area (Å²) in [6.07, 6.45) is 1.64. The lowest BCUT2D eigenvalue weighted by atomic mass is 9.99. The normalized spacial score (nSPS) is 13.8. The second kappa shape index (κ2) is 5.99. The van der Waals surface area contributed by atoms with Crippen molar-refractivity contribution in [3.8, 4) is 0 Å². The van der Waals surface area contributed by atoms with E-state index in [0.717, 1.165) is 12.8 Å². The van der Waals surface area contributed by atoms with Gasteiger partial charge in [0.15, 0.2) is 5.79 Å². The molecule has 1 aromatic rings. The van der Waals surface area contributed by atoms with E-state index in [1.165, 1.54) is 5.56 Å². The minimum atomic E-state index is -0.685. The van der Waals surface area contributed by atoms with Gasteiger partial charge in [-0.3, -0.25) is 0 Å². The van der Waals surface area contributed by atoms with E-state index in [-0.39, 0.29) is 6.04 Å². The molecule has 0 aliphatic rings. The summed E-state index contributed by atoms with van der Waals surface area (Å²) in [7, 11) is 3.27. The Bertz CT molecular complexity index is 294. The van der Waals surface area contributed by atoms with Gasteiger partial charge in [0.2, 0.25) is 0 Å². The van der Waals surface area contributed by atoms with Crippen LogP contribution >= 0.6 is 0 Å². The minimum absolute atomic E-state index is 0.161. The maximum Gasteiger partial charge on any atom is 0.182 e. The van der Waals surface area contributed by atoms with Gasteiger partial charge < -0.3 is 15.2 Å². The molecule has 0 heterocycles. The van der Waals surface area contributed by atoms with Crippen LogP contribution in [0.4, 0.5) is 0 Å². The number of nitrogens with two attached hydrogens (primary N) is 1. The van der Waals surface area contributed by atoms with Crippen LogP contribution in [0.25, 0.3) is 0 Å². The van der Waals surface area contributed by atoms with Gasteiger partial charge in [-0.25, -0.2) is 0 Å². The van der Waals surface area contributed by atoms with Gasteiger partial charge in [0.25, 0.3) is 0 Å². The Labute approximate surface area is 97.6 Å². The molecule has 0 fully saturated rings. The van der Waals surface area contributed by atoms with E-state index in [2.05, 4.69) is 12.1 Å². The first kappa shape index (κ1) is 13.2. The lowest BCUT2D eigenvalue weighted by Gasteiger charge is -2.34. The van der Waals surface area contributed by atoms with Crippen molar-refractivity contribution >= 4 is 0 Å². The molecule has 1 atom stereocenters. The number of aryl methyl sites for hydroxylation is 1. The molecular formula is C13H21NO2. The zero-order valence-electron chi connectivity index (χ0n) is 10.3. The van der Waals surface area contributed by atoms with E-state index >= 15 is 0 Å². The molecule has 1 rings (SSSR count). The number of ether oxygens (including phenoxy) is 2. The molecule has 0 saturated heterocycles. The van der Waals surface area contributed by atoms with Crippen molar-refractivity contribution in [3.63, 3.8) is 0 Å². The van der Waals surface area contributed by atoms with Crippen LogP contribution in [0.2, 0.25) is 0 Å². The molecule has 3 nitrogen and oxygen atoms in total. The van der Waals surface area contributed by atoms with Crippen LogP contribution in [0.3, 0.4) is 0 Å². The van der Waals surface area contributed by atoms with Crippen molar-refractivity contribution in [2.75, 3.05) is 14.2 Å². The highest BCUT2D eigenvalue weighted by Gasteiger charge is 2.33. The molecule has 0 bridgehead atoms. The molecule has 3 heteroatoms. The van der Waals surface area contributed by atoms with E-state index in [9.17, 15) is 0 Å². The highest BCUT2D eigenvalue weighted by Crippen LogP contribution is 2.22. The molecule has 0 radical (unpaired) electrons. The maximum absolute atomic E-state index is 5.91. The number of rotatable bonds is 6. The fourth-order valence-electron chi connectivity index (χ4n) is 1.85. The summed E-state index contributed by atoms with van der Waals surface area (Å²) in [4.78, 5) is 0. The monoisotopic (exact) mass is 223 g/mol. The number of hydrogen-bond donors (Lipinski definition) is 1. The standard InChI is InChI=1S/C13H21NO2/c1-11(14)13(15-2,16-3)10-9-12-7-5-4-6-8-12/h4-8,11H,9-10,14H2,1-3H3. The highest BCUT2D eigenvalue weighted by atomic mass is 16.7. The first-order valence-electron chi connectivity index (χ1n) is 5.54. The Balaban J connectivity index is 2.64. The second-order valence-corrected chi connectivity index (χ2v) is 3.99. The molecule has 0 aromatic heterocycles. The summed E-state index contributed by atoms with van der Waals surface area (Å²) in [6, 6.07) is 10.1. The third-order valence-electron chi connectivity index (χ3n) is 2.99. The molecule has 0 amide bonds. The van der Waals surface area contributed by atoms with Crippen LogP contribution in [0.1, 0.15) is 18.9 Å². The van der Waals surface area contributed by atoms with Gasteiger partial charge in [0, 0.05) is 20.6 Å². The predicted octanol–water partition coefficient (Wildman–Crippen LogP) is 1.96. The summed E-state index contributed by atoms with van der Waals surface area (Å²) in [5.74, 6) is -0.685. The summed E-state index contributed by atoms with van der Waals surface area (Å²) < 4.78 is 10.8. The summed E-state index contributed by atoms with van der Waals surface area (Å²) in [6.45, 7) is 1.90. The fraction of sp³-hybridized carbons (Fsp3) is 0.538. The van der Waals surface area contributed by atoms with E-state index in [1.54, 1.807) is 14.2 Å². The summed E-state index contributed by atoms with van der Waals surface area (Å²) in [5.41, 5.74) is 7.17. The van der Waals surface area contributed by atoms with Crippen LogP contribution in [0.5, 0.6) is 0 Å². The molecule has 1 aromatic carbocycles. The molecule has 0 aliphatic heterocycles. The topological polar surface area (TPSA) is 44.5 Å². The fourth-order valence-corrected chi connectivity index (χ4v) is 1.85. The smallest absolute Gasteiger partial charge is 0.182 e. The van der Waals surface area contributed by atoms with Crippen LogP contribution in [-0.4, -0.2) is 26.0 Å². The lowest BCUT2D eigenvalue weighted by Crippen LogP contribution is -2.49. The number of benzene rings is 1. The predicted molar refractivity (Wildman–Crippen MR) is 65.2 cm³/mol. The first-order valence-corrected chi connectivity index (χ1v) is 5.54. The minimum Gasteiger partial charge on any atom is -0.352 e. The van der Waals surface area contributed by atoms with Crippen molar-refractivity contribution in [3.05, 3.63) is 35.9 Å². The van der Waals surface area contributed by atoms with Gasteiger partial charge in [0.1, 0.15) is 0 Å². The van der Waals surface area contributed by atoms with E-state index in [4.69, 9.17) is 15.2 Å². The Kier molecular flexibility index (Phi) is 4.93. The van der Waals surface area contributed by atoms with Crippen LogP contribution in [0.15, 0.2) is 30.3 Å². The first-order chi connectivity index (χ1) is 7.64. The number of methoxy groups -OCH3 is 2. The average molecular weight is 223 g/mol. The Morgan fingerprint density at radius 1 is 1.19 bits per heavy atom. The molecule has 0 saturated carbocycles. The van der Waals surface area contributed by atoms with Crippen LogP contribution in [-0.2, 0) is 15.9 Å². The SMILES string of the molecule is COC(CCc1ccccc1)(OC)C(C)N. The van der Waals surface area contributed by atoms with Crippen molar-refractivity contribution in [2.24, 2.45) is 5.73 Å². The molecule has 1 unspecified atom stereocenters. The van der Waals surface area contributed by atoms with E-state index in [1.807, 2.05) is 25.1 Å². The average Bonchev–Trinajstić information content (AvgIpc) is 2.32. The van der Waals surface area contributed by atoms with Gasteiger partial charge in [-0.2, -0.15) is 0 Å². The molecule has 0 spiro atoms. The molecular weight excluding hydrogens is 202 g/mol. The lowest BCUT2D eigenvalue weighted by molar-refractivity contribution is -0.220. The third-order valence-corrected chi connectivity index (χ3v) is 2.99. The van der Waals surface area contributed by atoms with E-state index < -0.39 is 5.79 Å². The molecule has 90 valence electrons. The molecule has 0 aliphatic carbocycles. The van der Waals surface area contributed by atoms with E-state index in [0.29, 0.717) is 0 Å². The van der Waals surface area contributed by atoms with Crippen molar-refractivity contribution in [1.29, 1.82) is 0 Å². The quantitative estimate of drug-likeness (QED) is 0.750.